The van der Waals surface area contributed by atoms with Crippen molar-refractivity contribution in [1.29, 1.82) is 5.26 Å². The number of hydrogen-bond donors (Lipinski definition) is 3. The van der Waals surface area contributed by atoms with Crippen molar-refractivity contribution in [2.45, 2.75) is 25.2 Å². The summed E-state index contributed by atoms with van der Waals surface area (Å²) in [7, 11) is 0. The minimum absolute atomic E-state index is 0.255. The Hall–Kier alpha value is -3.91. The Balaban J connectivity index is 1.90. The zero-order valence-corrected chi connectivity index (χ0v) is 16.5. The van der Waals surface area contributed by atoms with E-state index in [4.69, 9.17) is 10.5 Å². The molecule has 7 nitrogen and oxygen atoms in total. The first-order valence-corrected chi connectivity index (χ1v) is 9.07. The van der Waals surface area contributed by atoms with E-state index in [1.54, 1.807) is 0 Å². The van der Waals surface area contributed by atoms with Crippen LogP contribution in [0.2, 0.25) is 0 Å². The Labute approximate surface area is 178 Å². The highest BCUT2D eigenvalue weighted by atomic mass is 19.4. The average molecular weight is 448 g/mol. The molecule has 1 heterocycles. The van der Waals surface area contributed by atoms with Gasteiger partial charge in [0, 0.05) is 28.4 Å². The first-order chi connectivity index (χ1) is 15.0. The minimum atomic E-state index is -4.81. The zero-order valence-electron chi connectivity index (χ0n) is 16.5. The van der Waals surface area contributed by atoms with Crippen LogP contribution in [0.25, 0.3) is 10.9 Å². The van der Waals surface area contributed by atoms with Gasteiger partial charge < -0.3 is 20.2 Å². The number of aromatic nitrogens is 1. The van der Waals surface area contributed by atoms with Gasteiger partial charge in [-0.05, 0) is 43.3 Å². The molecule has 3 N–H and O–H groups in total. The van der Waals surface area contributed by atoms with E-state index in [1.807, 2.05) is 0 Å². The monoisotopic (exact) mass is 448 g/mol. The highest BCUT2D eigenvalue weighted by Crippen LogP contribution is 2.34. The van der Waals surface area contributed by atoms with Gasteiger partial charge in [0.15, 0.2) is 5.60 Å². The van der Waals surface area contributed by atoms with E-state index in [1.165, 1.54) is 35.0 Å². The van der Waals surface area contributed by atoms with Crippen molar-refractivity contribution in [3.63, 3.8) is 0 Å². The molecular formula is C21H16F4N4O3. The molecule has 0 radical (unpaired) electrons. The summed E-state index contributed by atoms with van der Waals surface area (Å²) in [5, 5.41) is 33.9. The maximum absolute atomic E-state index is 13.6. The third-order valence-corrected chi connectivity index (χ3v) is 4.74. The molecular weight excluding hydrogens is 432 g/mol. The van der Waals surface area contributed by atoms with Crippen LogP contribution in [0.1, 0.15) is 23.6 Å². The van der Waals surface area contributed by atoms with Crippen LogP contribution in [0.15, 0.2) is 47.8 Å². The summed E-state index contributed by atoms with van der Waals surface area (Å²) >= 11 is 0. The second-order valence-electron chi connectivity index (χ2n) is 7.22. The number of carbonyl (C=O) groups is 1. The molecule has 0 saturated heterocycles. The molecule has 166 valence electrons. The van der Waals surface area contributed by atoms with Gasteiger partial charge in [-0.3, -0.25) is 4.79 Å². The Morgan fingerprint density at radius 1 is 1.28 bits per heavy atom. The SMILES string of the molecule is CC(O)(Cn1cc(C=NO)c2cc(F)ccc21)C(=O)Nc1ccc(C#N)c(C(F)(F)F)c1. The van der Waals surface area contributed by atoms with Crippen LogP contribution in [0.4, 0.5) is 23.2 Å². The molecule has 32 heavy (non-hydrogen) atoms. The molecule has 1 unspecified atom stereocenters. The number of carbonyl (C=O) groups excluding carboxylic acids is 1. The number of halogens is 4. The molecule has 11 heteroatoms. The Bertz CT molecular complexity index is 1260. The van der Waals surface area contributed by atoms with E-state index in [0.29, 0.717) is 22.5 Å². The number of rotatable bonds is 5. The first kappa shape index (κ1) is 22.8. The van der Waals surface area contributed by atoms with Gasteiger partial charge in [0.05, 0.1) is 30.0 Å². The fraction of sp³-hybridized carbons (Fsp3) is 0.190. The average Bonchev–Trinajstić information content (AvgIpc) is 3.03. The lowest BCUT2D eigenvalue weighted by molar-refractivity contribution is -0.138. The number of oxime groups is 1. The van der Waals surface area contributed by atoms with E-state index >= 15 is 0 Å². The van der Waals surface area contributed by atoms with E-state index < -0.39 is 34.6 Å². The highest BCUT2D eigenvalue weighted by Gasteiger charge is 2.35. The maximum Gasteiger partial charge on any atom is 0.417 e. The predicted octanol–water partition coefficient (Wildman–Crippen LogP) is 3.87. The molecule has 3 rings (SSSR count). The van der Waals surface area contributed by atoms with Crippen LogP contribution < -0.4 is 5.32 Å². The lowest BCUT2D eigenvalue weighted by atomic mass is 10.0. The molecule has 0 aliphatic heterocycles. The molecule has 0 spiro atoms. The zero-order chi connectivity index (χ0) is 23.7. The highest BCUT2D eigenvalue weighted by molar-refractivity contribution is 6.00. The first-order valence-electron chi connectivity index (χ1n) is 9.07. The van der Waals surface area contributed by atoms with Gasteiger partial charge in [0.2, 0.25) is 0 Å². The summed E-state index contributed by atoms with van der Waals surface area (Å²) in [6.07, 6.45) is -2.32. The molecule has 2 aromatic carbocycles. The number of nitrogens with zero attached hydrogens (tertiary/aromatic N) is 3. The van der Waals surface area contributed by atoms with Gasteiger partial charge in [0.1, 0.15) is 5.82 Å². The van der Waals surface area contributed by atoms with Gasteiger partial charge in [-0.2, -0.15) is 18.4 Å². The van der Waals surface area contributed by atoms with Crippen molar-refractivity contribution in [1.82, 2.24) is 4.57 Å². The smallest absolute Gasteiger partial charge is 0.411 e. The summed E-state index contributed by atoms with van der Waals surface area (Å²) in [6, 6.07) is 7.84. The number of nitrogens with one attached hydrogen (secondary N) is 1. The summed E-state index contributed by atoms with van der Waals surface area (Å²) in [4.78, 5) is 12.6. The quantitative estimate of drug-likeness (QED) is 0.238. The largest absolute Gasteiger partial charge is 0.417 e. The van der Waals surface area contributed by atoms with E-state index in [9.17, 15) is 27.5 Å². The molecule has 1 aromatic heterocycles. The summed E-state index contributed by atoms with van der Waals surface area (Å²) in [5.74, 6) is -1.55. The fourth-order valence-electron chi connectivity index (χ4n) is 3.22. The van der Waals surface area contributed by atoms with Crippen LogP contribution in [0.5, 0.6) is 0 Å². The van der Waals surface area contributed by atoms with E-state index in [0.717, 1.165) is 25.3 Å². The van der Waals surface area contributed by atoms with Crippen LogP contribution >= 0.6 is 0 Å². The fourth-order valence-corrected chi connectivity index (χ4v) is 3.22. The minimum Gasteiger partial charge on any atom is -0.411 e. The summed E-state index contributed by atoms with van der Waals surface area (Å²) in [5.41, 5.74) is -3.43. The molecule has 3 aromatic rings. The third-order valence-electron chi connectivity index (χ3n) is 4.74. The molecule has 1 amide bonds. The van der Waals surface area contributed by atoms with E-state index in [-0.39, 0.29) is 12.2 Å². The van der Waals surface area contributed by atoms with Crippen molar-refractivity contribution < 1.29 is 32.7 Å². The maximum atomic E-state index is 13.6. The standard InChI is InChI=1S/C21H16F4N4O3/c1-20(31,11-29-10-13(9-27-32)16-6-14(22)3-5-18(16)29)19(30)28-15-4-2-12(8-26)17(7-15)21(23,24)25/h2-7,9-10,31-32H,11H2,1H3,(H,28,30). The topological polar surface area (TPSA) is 111 Å². The van der Waals surface area contributed by atoms with Crippen molar-refractivity contribution in [2.24, 2.45) is 5.16 Å². The lowest BCUT2D eigenvalue weighted by Gasteiger charge is -2.24. The summed E-state index contributed by atoms with van der Waals surface area (Å²) < 4.78 is 54.5. The van der Waals surface area contributed by atoms with Gasteiger partial charge >= 0.3 is 6.18 Å². The number of benzene rings is 2. The van der Waals surface area contributed by atoms with Crippen LogP contribution in [-0.2, 0) is 17.5 Å². The van der Waals surface area contributed by atoms with Gasteiger partial charge in [-0.25, -0.2) is 4.39 Å². The number of amides is 1. The van der Waals surface area contributed by atoms with Crippen molar-refractivity contribution in [3.05, 3.63) is 65.1 Å². The molecule has 1 atom stereocenters. The summed E-state index contributed by atoms with van der Waals surface area (Å²) in [6.45, 7) is 0.814. The second kappa shape index (κ2) is 8.32. The Morgan fingerprint density at radius 2 is 2.00 bits per heavy atom. The van der Waals surface area contributed by atoms with Gasteiger partial charge in [-0.15, -0.1) is 0 Å². The molecule has 0 aliphatic rings. The van der Waals surface area contributed by atoms with Crippen molar-refractivity contribution in [2.75, 3.05) is 5.32 Å². The lowest BCUT2D eigenvalue weighted by Crippen LogP contribution is -2.43. The third kappa shape index (κ3) is 4.55. The van der Waals surface area contributed by atoms with E-state index in [2.05, 4.69) is 10.5 Å². The Kier molecular flexibility index (Phi) is 5.92. The normalized spacial score (nSPS) is 13.8. The number of anilines is 1. The Morgan fingerprint density at radius 3 is 2.62 bits per heavy atom. The molecule has 0 fully saturated rings. The van der Waals surface area contributed by atoms with Crippen LogP contribution in [0.3, 0.4) is 0 Å². The number of aliphatic hydroxyl groups is 1. The second-order valence-corrected chi connectivity index (χ2v) is 7.22. The number of fused-ring (bicyclic) bond motifs is 1. The van der Waals surface area contributed by atoms with Gasteiger partial charge in [-0.1, -0.05) is 5.16 Å². The van der Waals surface area contributed by atoms with Crippen molar-refractivity contribution in [3.8, 4) is 6.07 Å². The van der Waals surface area contributed by atoms with Crippen LogP contribution in [-0.4, -0.2) is 32.6 Å². The molecule has 0 bridgehead atoms. The van der Waals surface area contributed by atoms with Gasteiger partial charge in [0.25, 0.3) is 5.91 Å². The number of hydrogen-bond acceptors (Lipinski definition) is 5. The number of nitriles is 1. The van der Waals surface area contributed by atoms with Crippen LogP contribution in [0, 0.1) is 17.1 Å². The number of alkyl halides is 3. The van der Waals surface area contributed by atoms with Crippen molar-refractivity contribution >= 4 is 28.7 Å². The molecule has 0 saturated carbocycles. The molecule has 0 aliphatic carbocycles. The predicted molar refractivity (Wildman–Crippen MR) is 107 cm³/mol.